The molecule has 4 heteroatoms. The van der Waals surface area contributed by atoms with Crippen LogP contribution in [-0.2, 0) is 9.59 Å². The molecule has 0 spiro atoms. The zero-order valence-corrected chi connectivity index (χ0v) is 12.4. The summed E-state index contributed by atoms with van der Waals surface area (Å²) < 4.78 is 0. The minimum absolute atomic E-state index is 0.0924. The first-order chi connectivity index (χ1) is 10.3. The predicted octanol–water partition coefficient (Wildman–Crippen LogP) is 2.65. The minimum Gasteiger partial charge on any atom is -0.295 e. The molecular formula is C18H14O4. The molecule has 0 fully saturated rings. The van der Waals surface area contributed by atoms with Crippen LogP contribution in [0.2, 0.25) is 0 Å². The molecule has 0 radical (unpaired) electrons. The molecule has 0 heterocycles. The SMILES string of the molecule is C=C(C(C)=O)C1=C(C(=C)C(C)=O)C(=O)c2ccccc2C1=O. The number of hydrogen-bond acceptors (Lipinski definition) is 4. The van der Waals surface area contributed by atoms with Crippen molar-refractivity contribution in [1.29, 1.82) is 0 Å². The van der Waals surface area contributed by atoms with Crippen molar-refractivity contribution in [2.75, 3.05) is 0 Å². The highest BCUT2D eigenvalue weighted by Gasteiger charge is 2.35. The van der Waals surface area contributed by atoms with Crippen LogP contribution in [0.3, 0.4) is 0 Å². The second-order valence-corrected chi connectivity index (χ2v) is 5.02. The van der Waals surface area contributed by atoms with Crippen LogP contribution in [0.15, 0.2) is 59.7 Å². The number of rotatable bonds is 4. The smallest absolute Gasteiger partial charge is 0.195 e. The van der Waals surface area contributed by atoms with Gasteiger partial charge in [0.2, 0.25) is 0 Å². The first-order valence-electron chi connectivity index (χ1n) is 6.60. The molecule has 0 aromatic heterocycles. The Labute approximate surface area is 127 Å². The maximum absolute atomic E-state index is 12.7. The molecule has 4 nitrogen and oxygen atoms in total. The Morgan fingerprint density at radius 3 is 1.36 bits per heavy atom. The highest BCUT2D eigenvalue weighted by atomic mass is 16.1. The monoisotopic (exact) mass is 294 g/mol. The Kier molecular flexibility index (Phi) is 3.87. The number of ketones is 4. The maximum Gasteiger partial charge on any atom is 0.195 e. The number of fused-ring (bicyclic) bond motifs is 1. The largest absolute Gasteiger partial charge is 0.295 e. The minimum atomic E-state index is -0.493. The fourth-order valence-corrected chi connectivity index (χ4v) is 2.30. The Bertz CT molecular complexity index is 739. The van der Waals surface area contributed by atoms with Gasteiger partial charge in [-0.15, -0.1) is 0 Å². The fraction of sp³-hybridized carbons (Fsp3) is 0.111. The van der Waals surface area contributed by atoms with E-state index in [1.165, 1.54) is 26.0 Å². The Morgan fingerprint density at radius 2 is 1.09 bits per heavy atom. The van der Waals surface area contributed by atoms with E-state index >= 15 is 0 Å². The Morgan fingerprint density at radius 1 is 0.773 bits per heavy atom. The predicted molar refractivity (Wildman–Crippen MR) is 81.8 cm³/mol. The van der Waals surface area contributed by atoms with Gasteiger partial charge in [-0.25, -0.2) is 0 Å². The zero-order valence-electron chi connectivity index (χ0n) is 12.4. The molecular weight excluding hydrogens is 280 g/mol. The van der Waals surface area contributed by atoms with Crippen molar-refractivity contribution in [1.82, 2.24) is 0 Å². The van der Waals surface area contributed by atoms with E-state index in [0.29, 0.717) is 0 Å². The number of carbonyl (C=O) groups is 4. The lowest BCUT2D eigenvalue weighted by molar-refractivity contribution is -0.114. The van der Waals surface area contributed by atoms with Crippen molar-refractivity contribution in [2.24, 2.45) is 0 Å². The second kappa shape index (κ2) is 5.48. The molecule has 0 amide bonds. The van der Waals surface area contributed by atoms with Gasteiger partial charge in [0.25, 0.3) is 0 Å². The molecule has 0 saturated carbocycles. The number of hydrogen-bond donors (Lipinski definition) is 0. The van der Waals surface area contributed by atoms with Crippen molar-refractivity contribution < 1.29 is 19.2 Å². The van der Waals surface area contributed by atoms with E-state index in [9.17, 15) is 19.2 Å². The van der Waals surface area contributed by atoms with Crippen molar-refractivity contribution in [3.05, 3.63) is 70.8 Å². The summed E-state index contributed by atoms with van der Waals surface area (Å²) in [5.74, 6) is -1.87. The summed E-state index contributed by atoms with van der Waals surface area (Å²) in [5.41, 5.74) is -0.0432. The van der Waals surface area contributed by atoms with Crippen LogP contribution in [-0.4, -0.2) is 23.1 Å². The molecule has 0 atom stereocenters. The van der Waals surface area contributed by atoms with Gasteiger partial charge in [-0.05, 0) is 13.8 Å². The third-order valence-electron chi connectivity index (χ3n) is 3.57. The highest BCUT2D eigenvalue weighted by Crippen LogP contribution is 2.33. The van der Waals surface area contributed by atoms with Gasteiger partial charge in [0, 0.05) is 33.4 Å². The van der Waals surface area contributed by atoms with Crippen LogP contribution >= 0.6 is 0 Å². The molecule has 0 bridgehead atoms. The van der Waals surface area contributed by atoms with Gasteiger partial charge in [-0.3, -0.25) is 19.2 Å². The van der Waals surface area contributed by atoms with Gasteiger partial charge in [0.1, 0.15) is 0 Å². The molecule has 1 aliphatic rings. The van der Waals surface area contributed by atoms with Crippen LogP contribution in [0.25, 0.3) is 0 Å². The molecule has 0 aliphatic heterocycles. The molecule has 1 aromatic carbocycles. The van der Waals surface area contributed by atoms with Gasteiger partial charge in [0.05, 0.1) is 0 Å². The van der Waals surface area contributed by atoms with Crippen molar-refractivity contribution in [3.8, 4) is 0 Å². The standard InChI is InChI=1S/C18H14O4/c1-9(11(3)19)15-16(10(2)12(4)20)18(22)14-8-6-5-7-13(14)17(15)21/h5-8H,1-2H2,3-4H3. The van der Waals surface area contributed by atoms with E-state index < -0.39 is 23.1 Å². The third kappa shape index (κ3) is 2.29. The van der Waals surface area contributed by atoms with Crippen LogP contribution in [0, 0.1) is 0 Å². The number of carbonyl (C=O) groups excluding carboxylic acids is 4. The van der Waals surface area contributed by atoms with Crippen LogP contribution in [0.1, 0.15) is 34.6 Å². The highest BCUT2D eigenvalue weighted by molar-refractivity contribution is 6.34. The van der Waals surface area contributed by atoms with E-state index in [-0.39, 0.29) is 33.4 Å². The molecule has 0 unspecified atom stereocenters. The van der Waals surface area contributed by atoms with Gasteiger partial charge < -0.3 is 0 Å². The normalized spacial score (nSPS) is 13.7. The fourth-order valence-electron chi connectivity index (χ4n) is 2.30. The first-order valence-corrected chi connectivity index (χ1v) is 6.60. The van der Waals surface area contributed by atoms with Crippen molar-refractivity contribution in [2.45, 2.75) is 13.8 Å². The summed E-state index contributed by atoms with van der Waals surface area (Å²) in [6.07, 6.45) is 0. The average molecular weight is 294 g/mol. The second-order valence-electron chi connectivity index (χ2n) is 5.02. The summed E-state index contributed by atoms with van der Waals surface area (Å²) >= 11 is 0. The zero-order chi connectivity index (χ0) is 16.6. The van der Waals surface area contributed by atoms with Crippen LogP contribution < -0.4 is 0 Å². The topological polar surface area (TPSA) is 68.3 Å². The van der Waals surface area contributed by atoms with E-state index in [1.54, 1.807) is 12.1 Å². The molecule has 22 heavy (non-hydrogen) atoms. The van der Waals surface area contributed by atoms with Crippen LogP contribution in [0.4, 0.5) is 0 Å². The molecule has 2 rings (SSSR count). The summed E-state index contributed by atoms with van der Waals surface area (Å²) in [7, 11) is 0. The van der Waals surface area contributed by atoms with Gasteiger partial charge in [-0.1, -0.05) is 37.4 Å². The summed E-state index contributed by atoms with van der Waals surface area (Å²) in [4.78, 5) is 48.6. The lowest BCUT2D eigenvalue weighted by Crippen LogP contribution is -2.26. The molecule has 0 N–H and O–H groups in total. The lowest BCUT2D eigenvalue weighted by Gasteiger charge is -2.22. The molecule has 110 valence electrons. The van der Waals surface area contributed by atoms with E-state index in [2.05, 4.69) is 13.2 Å². The summed E-state index contributed by atoms with van der Waals surface area (Å²) in [6.45, 7) is 9.69. The van der Waals surface area contributed by atoms with Crippen molar-refractivity contribution in [3.63, 3.8) is 0 Å². The van der Waals surface area contributed by atoms with E-state index in [0.717, 1.165) is 0 Å². The number of benzene rings is 1. The van der Waals surface area contributed by atoms with E-state index in [1.807, 2.05) is 0 Å². The third-order valence-corrected chi connectivity index (χ3v) is 3.57. The molecule has 1 aromatic rings. The average Bonchev–Trinajstić information content (AvgIpc) is 2.49. The van der Waals surface area contributed by atoms with Gasteiger partial charge >= 0.3 is 0 Å². The lowest BCUT2D eigenvalue weighted by atomic mass is 9.77. The van der Waals surface area contributed by atoms with Gasteiger partial charge in [-0.2, -0.15) is 0 Å². The Balaban J connectivity index is 2.82. The summed E-state index contributed by atoms with van der Waals surface area (Å²) in [6, 6.07) is 6.28. The number of allylic oxidation sites excluding steroid dienone is 4. The quantitative estimate of drug-likeness (QED) is 0.801. The van der Waals surface area contributed by atoms with Crippen LogP contribution in [0.5, 0.6) is 0 Å². The van der Waals surface area contributed by atoms with Crippen molar-refractivity contribution >= 4 is 23.1 Å². The van der Waals surface area contributed by atoms with E-state index in [4.69, 9.17) is 0 Å². The van der Waals surface area contributed by atoms with Gasteiger partial charge in [0.15, 0.2) is 23.1 Å². The molecule has 1 aliphatic carbocycles. The summed E-state index contributed by atoms with van der Waals surface area (Å²) in [5, 5.41) is 0. The maximum atomic E-state index is 12.7. The number of Topliss-reactive ketones (excluding diaryl/α,β-unsaturated/α-hetero) is 4. The molecule has 0 saturated heterocycles. The Hall–Kier alpha value is -2.88. The first kappa shape index (κ1) is 15.5.